The minimum Gasteiger partial charge on any atom is -0.508 e. The van der Waals surface area contributed by atoms with Crippen LogP contribution in [0, 0.1) is 0 Å². The van der Waals surface area contributed by atoms with Gasteiger partial charge in [-0.2, -0.15) is 0 Å². The summed E-state index contributed by atoms with van der Waals surface area (Å²) >= 11 is 0. The molecular formula is C28H34O2. The number of aryl methyl sites for hydroxylation is 2. The van der Waals surface area contributed by atoms with E-state index in [2.05, 4.69) is 50.2 Å². The van der Waals surface area contributed by atoms with Crippen LogP contribution >= 0.6 is 0 Å². The first-order chi connectivity index (χ1) is 14.6. The van der Waals surface area contributed by atoms with Crippen molar-refractivity contribution in [1.29, 1.82) is 0 Å². The summed E-state index contributed by atoms with van der Waals surface area (Å²) in [6.45, 7) is 4.35. The van der Waals surface area contributed by atoms with Gasteiger partial charge in [-0.25, -0.2) is 0 Å². The minimum absolute atomic E-state index is 0.409. The Morgan fingerprint density at radius 3 is 1.43 bits per heavy atom. The molecule has 0 bridgehead atoms. The van der Waals surface area contributed by atoms with Crippen LogP contribution in [0.5, 0.6) is 11.5 Å². The predicted octanol–water partition coefficient (Wildman–Crippen LogP) is 6.96. The molecule has 3 aromatic rings. The summed E-state index contributed by atoms with van der Waals surface area (Å²) in [5.74, 6) is 0.819. The molecule has 0 spiro atoms. The molecule has 2 heteroatoms. The Kier molecular flexibility index (Phi) is 7.96. The average molecular weight is 403 g/mol. The number of rotatable bonds is 10. The summed E-state index contributed by atoms with van der Waals surface area (Å²) in [5.41, 5.74) is 7.14. The summed E-state index contributed by atoms with van der Waals surface area (Å²) < 4.78 is 0. The molecule has 0 amide bonds. The fourth-order valence-electron chi connectivity index (χ4n) is 3.95. The summed E-state index contributed by atoms with van der Waals surface area (Å²) in [5, 5.41) is 20.2. The van der Waals surface area contributed by atoms with Gasteiger partial charge in [-0.15, -0.1) is 0 Å². The topological polar surface area (TPSA) is 40.5 Å². The number of aromatic hydroxyl groups is 2. The number of phenols is 2. The van der Waals surface area contributed by atoms with Crippen molar-refractivity contribution in [1.82, 2.24) is 0 Å². The molecule has 0 saturated carbocycles. The Hall–Kier alpha value is -2.74. The van der Waals surface area contributed by atoms with Gasteiger partial charge in [0.05, 0.1) is 0 Å². The number of hydrogen-bond donors (Lipinski definition) is 2. The Labute approximate surface area is 181 Å². The van der Waals surface area contributed by atoms with Crippen LogP contribution in [0.25, 0.3) is 0 Å². The van der Waals surface area contributed by atoms with Crippen molar-refractivity contribution in [3.63, 3.8) is 0 Å². The van der Waals surface area contributed by atoms with Gasteiger partial charge in [-0.1, -0.05) is 75.2 Å². The van der Waals surface area contributed by atoms with E-state index < -0.39 is 0 Å². The van der Waals surface area contributed by atoms with E-state index in [1.165, 1.54) is 22.3 Å². The molecule has 0 saturated heterocycles. The quantitative estimate of drug-likeness (QED) is 0.384. The van der Waals surface area contributed by atoms with Crippen LogP contribution in [0.4, 0.5) is 0 Å². The lowest BCUT2D eigenvalue weighted by molar-refractivity contribution is 0.466. The zero-order chi connectivity index (χ0) is 21.3. The molecule has 0 radical (unpaired) electrons. The van der Waals surface area contributed by atoms with Crippen LogP contribution in [-0.2, 0) is 25.7 Å². The highest BCUT2D eigenvalue weighted by atomic mass is 16.3. The lowest BCUT2D eigenvalue weighted by Crippen LogP contribution is -1.95. The van der Waals surface area contributed by atoms with Crippen molar-refractivity contribution in [2.75, 3.05) is 0 Å². The van der Waals surface area contributed by atoms with E-state index in [0.29, 0.717) is 11.5 Å². The van der Waals surface area contributed by atoms with Gasteiger partial charge in [0.25, 0.3) is 0 Å². The molecule has 0 atom stereocenters. The Balaban J connectivity index is 1.72. The third-order valence-electron chi connectivity index (χ3n) is 5.70. The average Bonchev–Trinajstić information content (AvgIpc) is 2.75. The zero-order valence-electron chi connectivity index (χ0n) is 18.3. The Morgan fingerprint density at radius 2 is 1.00 bits per heavy atom. The molecule has 3 rings (SSSR count). The first-order valence-electron chi connectivity index (χ1n) is 11.3. The maximum absolute atomic E-state index is 10.1. The SMILES string of the molecule is CCCCc1cc(Cc2cccc(Cc3ccc(O)c(CCCC)c3)c2)ccc1O. The van der Waals surface area contributed by atoms with Crippen molar-refractivity contribution in [2.24, 2.45) is 0 Å². The third kappa shape index (κ3) is 6.13. The largest absolute Gasteiger partial charge is 0.508 e. The second-order valence-electron chi connectivity index (χ2n) is 8.31. The highest BCUT2D eigenvalue weighted by Gasteiger charge is 2.07. The summed E-state index contributed by atoms with van der Waals surface area (Å²) in [6.07, 6.45) is 8.04. The summed E-state index contributed by atoms with van der Waals surface area (Å²) in [6, 6.07) is 20.8. The number of benzene rings is 3. The lowest BCUT2D eigenvalue weighted by atomic mass is 9.96. The number of unbranched alkanes of at least 4 members (excludes halogenated alkanes) is 2. The predicted molar refractivity (Wildman–Crippen MR) is 125 cm³/mol. The van der Waals surface area contributed by atoms with Gasteiger partial charge in [-0.05, 0) is 84.0 Å². The summed E-state index contributed by atoms with van der Waals surface area (Å²) in [7, 11) is 0. The van der Waals surface area contributed by atoms with Crippen LogP contribution in [0.15, 0.2) is 60.7 Å². The molecule has 0 aromatic heterocycles. The molecule has 0 aliphatic rings. The smallest absolute Gasteiger partial charge is 0.118 e. The van der Waals surface area contributed by atoms with Crippen LogP contribution in [0.1, 0.15) is 72.9 Å². The van der Waals surface area contributed by atoms with Crippen LogP contribution in [0.2, 0.25) is 0 Å². The molecule has 0 fully saturated rings. The first kappa shape index (κ1) is 22.0. The molecule has 2 N–H and O–H groups in total. The molecule has 30 heavy (non-hydrogen) atoms. The van der Waals surface area contributed by atoms with E-state index >= 15 is 0 Å². The molecule has 0 aliphatic heterocycles. The van der Waals surface area contributed by atoms with Crippen LogP contribution < -0.4 is 0 Å². The normalized spacial score (nSPS) is 11.0. The number of hydrogen-bond acceptors (Lipinski definition) is 2. The lowest BCUT2D eigenvalue weighted by Gasteiger charge is -2.10. The van der Waals surface area contributed by atoms with Crippen molar-refractivity contribution >= 4 is 0 Å². The molecule has 0 heterocycles. The Morgan fingerprint density at radius 1 is 0.567 bits per heavy atom. The van der Waals surface area contributed by atoms with Gasteiger partial charge in [-0.3, -0.25) is 0 Å². The number of phenolic OH excluding ortho intramolecular Hbond substituents is 2. The maximum Gasteiger partial charge on any atom is 0.118 e. The van der Waals surface area contributed by atoms with Gasteiger partial charge < -0.3 is 10.2 Å². The van der Waals surface area contributed by atoms with Gasteiger partial charge in [0.2, 0.25) is 0 Å². The zero-order valence-corrected chi connectivity index (χ0v) is 18.3. The van der Waals surface area contributed by atoms with Crippen LogP contribution in [0.3, 0.4) is 0 Å². The monoisotopic (exact) mass is 402 g/mol. The van der Waals surface area contributed by atoms with Gasteiger partial charge in [0.1, 0.15) is 11.5 Å². The van der Waals surface area contributed by atoms with E-state index in [-0.39, 0.29) is 0 Å². The van der Waals surface area contributed by atoms with E-state index in [1.807, 2.05) is 24.3 Å². The van der Waals surface area contributed by atoms with E-state index in [1.54, 1.807) is 0 Å². The molecule has 3 aromatic carbocycles. The fourth-order valence-corrected chi connectivity index (χ4v) is 3.95. The molecular weight excluding hydrogens is 368 g/mol. The van der Waals surface area contributed by atoms with Gasteiger partial charge >= 0.3 is 0 Å². The highest BCUT2D eigenvalue weighted by molar-refractivity contribution is 5.41. The van der Waals surface area contributed by atoms with E-state index in [0.717, 1.165) is 62.5 Å². The fraction of sp³-hybridized carbons (Fsp3) is 0.357. The van der Waals surface area contributed by atoms with Gasteiger partial charge in [0, 0.05) is 0 Å². The minimum atomic E-state index is 0.409. The second-order valence-corrected chi connectivity index (χ2v) is 8.31. The van der Waals surface area contributed by atoms with Crippen molar-refractivity contribution in [3.8, 4) is 11.5 Å². The van der Waals surface area contributed by atoms with Crippen molar-refractivity contribution in [2.45, 2.75) is 65.2 Å². The van der Waals surface area contributed by atoms with Crippen LogP contribution in [-0.4, -0.2) is 10.2 Å². The van der Waals surface area contributed by atoms with Crippen molar-refractivity contribution in [3.05, 3.63) is 94.0 Å². The van der Waals surface area contributed by atoms with Gasteiger partial charge in [0.15, 0.2) is 0 Å². The molecule has 0 unspecified atom stereocenters. The first-order valence-corrected chi connectivity index (χ1v) is 11.3. The van der Waals surface area contributed by atoms with E-state index in [4.69, 9.17) is 0 Å². The highest BCUT2D eigenvalue weighted by Crippen LogP contribution is 2.24. The maximum atomic E-state index is 10.1. The molecule has 158 valence electrons. The van der Waals surface area contributed by atoms with E-state index in [9.17, 15) is 10.2 Å². The molecule has 0 aliphatic carbocycles. The third-order valence-corrected chi connectivity index (χ3v) is 5.70. The van der Waals surface area contributed by atoms with Crippen molar-refractivity contribution < 1.29 is 10.2 Å². The summed E-state index contributed by atoms with van der Waals surface area (Å²) in [4.78, 5) is 0. The second kappa shape index (κ2) is 10.9. The molecule has 2 nitrogen and oxygen atoms in total. The standard InChI is InChI=1S/C28H34O2/c1-3-5-10-25-19-23(12-14-27(25)29)17-21-8-7-9-22(16-21)18-24-13-15-28(30)26(20-24)11-6-4-2/h7-9,12-16,19-20,29-30H,3-6,10-11,17-18H2,1-2H3. The Bertz CT molecular complexity index is 884.